The molecule has 0 aliphatic rings. The molecule has 0 fully saturated rings. The zero-order chi connectivity index (χ0) is 7.72. The van der Waals surface area contributed by atoms with Crippen molar-refractivity contribution < 1.29 is 0 Å². The maximum Gasteiger partial charge on any atom is 0.0791 e. The van der Waals surface area contributed by atoms with E-state index in [-0.39, 0.29) is 0 Å². The molecular weight excluding hydrogens is 192 g/mol. The van der Waals surface area contributed by atoms with Crippen molar-refractivity contribution in [1.82, 2.24) is 9.78 Å². The van der Waals surface area contributed by atoms with Crippen LogP contribution in [-0.2, 0) is 0 Å². The molecule has 0 saturated carbocycles. The van der Waals surface area contributed by atoms with Crippen LogP contribution in [0, 0.1) is 7.05 Å². The van der Waals surface area contributed by atoms with Crippen molar-refractivity contribution in [3.05, 3.63) is 23.4 Å². The fourth-order valence-corrected chi connectivity index (χ4v) is 1.58. The van der Waals surface area contributed by atoms with Crippen LogP contribution in [0.1, 0.15) is 25.5 Å². The molecule has 10 heavy (non-hydrogen) atoms. The lowest BCUT2D eigenvalue weighted by Gasteiger charge is -1.97. The summed E-state index contributed by atoms with van der Waals surface area (Å²) in [6.07, 6.45) is 1.86. The lowest BCUT2D eigenvalue weighted by molar-refractivity contribution is 0.764. The average molecular weight is 202 g/mol. The van der Waals surface area contributed by atoms with Crippen molar-refractivity contribution in [2.45, 2.75) is 19.8 Å². The van der Waals surface area contributed by atoms with Crippen LogP contribution in [0.15, 0.2) is 10.7 Å². The van der Waals surface area contributed by atoms with Crippen LogP contribution in [0.25, 0.3) is 0 Å². The summed E-state index contributed by atoms with van der Waals surface area (Å²) in [7, 11) is 3.66. The molecule has 0 saturated heterocycles. The van der Waals surface area contributed by atoms with Crippen LogP contribution in [0.5, 0.6) is 0 Å². The minimum Gasteiger partial charge on any atom is -0.269 e. The third kappa shape index (κ3) is 1.40. The normalized spacial score (nSPS) is 10.9. The summed E-state index contributed by atoms with van der Waals surface area (Å²) in [5.41, 5.74) is 1.06. The molecule has 1 rings (SSSR count). The van der Waals surface area contributed by atoms with Gasteiger partial charge < -0.3 is 0 Å². The largest absolute Gasteiger partial charge is 0.269 e. The molecule has 0 aromatic carbocycles. The SMILES string of the molecule is [CH2]n1cc(Br)c(C(C)C)n1. The molecule has 0 aliphatic heterocycles. The summed E-state index contributed by atoms with van der Waals surface area (Å²) in [5, 5.41) is 4.17. The van der Waals surface area contributed by atoms with Gasteiger partial charge in [-0.1, -0.05) is 13.8 Å². The highest BCUT2D eigenvalue weighted by atomic mass is 79.9. The highest BCUT2D eigenvalue weighted by Crippen LogP contribution is 2.21. The van der Waals surface area contributed by atoms with Gasteiger partial charge >= 0.3 is 0 Å². The van der Waals surface area contributed by atoms with Gasteiger partial charge in [0.2, 0.25) is 0 Å². The van der Waals surface area contributed by atoms with Crippen LogP contribution >= 0.6 is 15.9 Å². The average Bonchev–Trinajstić information content (AvgIpc) is 2.10. The van der Waals surface area contributed by atoms with Crippen LogP contribution in [0.4, 0.5) is 0 Å². The standard InChI is InChI=1S/C7H10BrN2/c1-5(2)7-6(8)4-10(3)9-7/h4-5H,3H2,1-2H3. The molecule has 0 bridgehead atoms. The van der Waals surface area contributed by atoms with Gasteiger partial charge in [0.1, 0.15) is 0 Å². The van der Waals surface area contributed by atoms with Gasteiger partial charge in [-0.15, -0.1) is 0 Å². The summed E-state index contributed by atoms with van der Waals surface area (Å²) in [6, 6.07) is 0. The lowest BCUT2D eigenvalue weighted by atomic mass is 10.1. The first-order valence-corrected chi connectivity index (χ1v) is 3.96. The molecule has 0 aliphatic carbocycles. The second-order valence-corrected chi connectivity index (χ2v) is 3.41. The first kappa shape index (κ1) is 7.79. The minimum atomic E-state index is 0.456. The van der Waals surface area contributed by atoms with Crippen LogP contribution in [0.2, 0.25) is 0 Å². The van der Waals surface area contributed by atoms with Gasteiger partial charge in [-0.25, -0.2) is 0 Å². The van der Waals surface area contributed by atoms with Gasteiger partial charge in [0.15, 0.2) is 0 Å². The summed E-state index contributed by atoms with van der Waals surface area (Å²) in [4.78, 5) is 0. The van der Waals surface area contributed by atoms with Gasteiger partial charge in [0.25, 0.3) is 0 Å². The van der Waals surface area contributed by atoms with E-state index in [4.69, 9.17) is 0 Å². The Morgan fingerprint density at radius 3 is 2.50 bits per heavy atom. The van der Waals surface area contributed by atoms with E-state index in [9.17, 15) is 0 Å². The zero-order valence-corrected chi connectivity index (χ0v) is 7.72. The van der Waals surface area contributed by atoms with E-state index < -0.39 is 0 Å². The van der Waals surface area contributed by atoms with E-state index in [1.165, 1.54) is 0 Å². The number of nitrogens with zero attached hydrogens (tertiary/aromatic N) is 2. The van der Waals surface area contributed by atoms with Crippen LogP contribution < -0.4 is 0 Å². The number of aromatic nitrogens is 2. The Kier molecular flexibility index (Phi) is 2.14. The lowest BCUT2D eigenvalue weighted by Crippen LogP contribution is -1.91. The predicted octanol–water partition coefficient (Wildman–Crippen LogP) is 2.41. The Hall–Kier alpha value is -0.310. The molecule has 1 aromatic rings. The molecule has 3 heteroatoms. The Morgan fingerprint density at radius 2 is 2.30 bits per heavy atom. The van der Waals surface area contributed by atoms with Crippen molar-refractivity contribution >= 4 is 15.9 Å². The van der Waals surface area contributed by atoms with E-state index in [2.05, 4.69) is 41.9 Å². The van der Waals surface area contributed by atoms with Crippen molar-refractivity contribution in [1.29, 1.82) is 0 Å². The number of hydrogen-bond donors (Lipinski definition) is 0. The summed E-state index contributed by atoms with van der Waals surface area (Å²) in [6.45, 7) is 4.21. The molecule has 55 valence electrons. The molecule has 0 spiro atoms. The molecule has 0 unspecified atom stereocenters. The second-order valence-electron chi connectivity index (χ2n) is 2.56. The number of halogens is 1. The van der Waals surface area contributed by atoms with Gasteiger partial charge in [-0.05, 0) is 21.8 Å². The molecule has 2 nitrogen and oxygen atoms in total. The van der Waals surface area contributed by atoms with Crippen molar-refractivity contribution in [2.75, 3.05) is 0 Å². The third-order valence-corrected chi connectivity index (χ3v) is 1.90. The van der Waals surface area contributed by atoms with Crippen LogP contribution in [0.3, 0.4) is 0 Å². The Morgan fingerprint density at radius 1 is 1.70 bits per heavy atom. The molecule has 1 heterocycles. The molecule has 1 radical (unpaired) electrons. The molecule has 0 atom stereocenters. The second kappa shape index (κ2) is 2.74. The summed E-state index contributed by atoms with van der Waals surface area (Å²) < 4.78 is 2.61. The van der Waals surface area contributed by atoms with Crippen molar-refractivity contribution in [2.24, 2.45) is 0 Å². The molecule has 0 amide bonds. The monoisotopic (exact) mass is 201 g/mol. The summed E-state index contributed by atoms with van der Waals surface area (Å²) >= 11 is 3.39. The highest BCUT2D eigenvalue weighted by molar-refractivity contribution is 9.10. The maximum atomic E-state index is 4.17. The van der Waals surface area contributed by atoms with E-state index >= 15 is 0 Å². The minimum absolute atomic E-state index is 0.456. The fraction of sp³-hybridized carbons (Fsp3) is 0.429. The molecular formula is C7H10BrN2. The number of rotatable bonds is 1. The smallest absolute Gasteiger partial charge is 0.0791 e. The van der Waals surface area contributed by atoms with Crippen molar-refractivity contribution in [3.63, 3.8) is 0 Å². The third-order valence-electron chi connectivity index (χ3n) is 1.29. The quantitative estimate of drug-likeness (QED) is 0.683. The Bertz CT molecular complexity index is 228. The van der Waals surface area contributed by atoms with Gasteiger partial charge in [-0.3, -0.25) is 4.68 Å². The fourth-order valence-electron chi connectivity index (χ4n) is 0.803. The van der Waals surface area contributed by atoms with Crippen molar-refractivity contribution in [3.8, 4) is 0 Å². The predicted molar refractivity (Wildman–Crippen MR) is 44.8 cm³/mol. The molecule has 1 aromatic heterocycles. The topological polar surface area (TPSA) is 17.8 Å². The molecule has 0 N–H and O–H groups in total. The zero-order valence-electron chi connectivity index (χ0n) is 6.13. The highest BCUT2D eigenvalue weighted by Gasteiger charge is 2.07. The summed E-state index contributed by atoms with van der Waals surface area (Å²) in [5.74, 6) is 0.456. The van der Waals surface area contributed by atoms with E-state index in [0.29, 0.717) is 5.92 Å². The van der Waals surface area contributed by atoms with E-state index in [1.807, 2.05) is 6.20 Å². The Labute approximate surface area is 69.4 Å². The number of hydrogen-bond acceptors (Lipinski definition) is 1. The maximum absolute atomic E-state index is 4.17. The Balaban J connectivity index is 3.03. The first-order valence-electron chi connectivity index (χ1n) is 3.17. The van der Waals surface area contributed by atoms with Crippen LogP contribution in [-0.4, -0.2) is 9.78 Å². The first-order chi connectivity index (χ1) is 4.61. The van der Waals surface area contributed by atoms with Gasteiger partial charge in [-0.2, -0.15) is 5.10 Å². The van der Waals surface area contributed by atoms with E-state index in [1.54, 1.807) is 4.68 Å². The van der Waals surface area contributed by atoms with Gasteiger partial charge in [0.05, 0.1) is 17.2 Å². The van der Waals surface area contributed by atoms with Gasteiger partial charge in [0, 0.05) is 6.20 Å². The van der Waals surface area contributed by atoms with E-state index in [0.717, 1.165) is 10.2 Å².